The predicted octanol–water partition coefficient (Wildman–Crippen LogP) is 5.01. The second kappa shape index (κ2) is 8.92. The molecule has 36 heavy (non-hydrogen) atoms. The van der Waals surface area contributed by atoms with Gasteiger partial charge in [-0.3, -0.25) is 0 Å². The minimum Gasteiger partial charge on any atom is -0.477 e. The number of anilines is 1. The minimum atomic E-state index is -1.07. The van der Waals surface area contributed by atoms with Gasteiger partial charge >= 0.3 is 5.97 Å². The molecule has 2 saturated heterocycles. The van der Waals surface area contributed by atoms with E-state index in [4.69, 9.17) is 9.26 Å². The van der Waals surface area contributed by atoms with Crippen LogP contribution in [0, 0.1) is 18.6 Å². The molecule has 188 valence electrons. The lowest BCUT2D eigenvalue weighted by Gasteiger charge is -2.39. The van der Waals surface area contributed by atoms with Crippen molar-refractivity contribution >= 4 is 11.9 Å². The van der Waals surface area contributed by atoms with E-state index in [2.05, 4.69) is 20.0 Å². The van der Waals surface area contributed by atoms with Gasteiger partial charge in [-0.25, -0.2) is 23.5 Å². The number of ether oxygens (including phenoxy) is 1. The predicted molar refractivity (Wildman–Crippen MR) is 125 cm³/mol. The molecule has 0 amide bonds. The second-order valence-electron chi connectivity index (χ2n) is 9.94. The number of carboxylic acid groups (broad SMARTS) is 1. The van der Waals surface area contributed by atoms with E-state index in [0.717, 1.165) is 38.5 Å². The van der Waals surface area contributed by atoms with E-state index in [0.29, 0.717) is 23.0 Å². The molecule has 2 aromatic heterocycles. The van der Waals surface area contributed by atoms with Crippen LogP contribution >= 0.6 is 0 Å². The first-order valence-electron chi connectivity index (χ1n) is 12.3. The van der Waals surface area contributed by atoms with Gasteiger partial charge in [0.15, 0.2) is 5.69 Å². The van der Waals surface area contributed by atoms with Crippen LogP contribution in [0.5, 0.6) is 0 Å². The first-order valence-corrected chi connectivity index (χ1v) is 12.3. The second-order valence-corrected chi connectivity index (χ2v) is 9.94. The Morgan fingerprint density at radius 2 is 1.83 bits per heavy atom. The zero-order valence-electron chi connectivity index (χ0n) is 19.8. The van der Waals surface area contributed by atoms with Crippen LogP contribution in [0.15, 0.2) is 28.8 Å². The third kappa shape index (κ3) is 4.13. The number of halogens is 2. The van der Waals surface area contributed by atoms with Crippen LogP contribution in [0.2, 0.25) is 0 Å². The average molecular weight is 497 g/mol. The molecule has 0 spiro atoms. The third-order valence-electron chi connectivity index (χ3n) is 7.41. The first kappa shape index (κ1) is 23.0. The number of hydrogen-bond donors (Lipinski definition) is 1. The molecule has 8 nitrogen and oxygen atoms in total. The maximum absolute atomic E-state index is 14.5. The van der Waals surface area contributed by atoms with E-state index in [-0.39, 0.29) is 47.7 Å². The van der Waals surface area contributed by atoms with Crippen molar-refractivity contribution in [2.75, 3.05) is 4.90 Å². The van der Waals surface area contributed by atoms with Crippen LogP contribution in [0.4, 0.5) is 14.7 Å². The molecule has 1 aromatic carbocycles. The summed E-state index contributed by atoms with van der Waals surface area (Å²) in [6.45, 7) is 1.93. The van der Waals surface area contributed by atoms with Gasteiger partial charge in [0, 0.05) is 29.3 Å². The summed E-state index contributed by atoms with van der Waals surface area (Å²) in [4.78, 5) is 22.4. The molecular formula is C26H26F2N4O4. The Hall–Kier alpha value is -3.40. The molecule has 3 aromatic rings. The smallest absolute Gasteiger partial charge is 0.354 e. The van der Waals surface area contributed by atoms with Gasteiger partial charge in [-0.2, -0.15) is 0 Å². The van der Waals surface area contributed by atoms with Crippen LogP contribution in [-0.4, -0.2) is 44.4 Å². The summed E-state index contributed by atoms with van der Waals surface area (Å²) in [5, 5.41) is 13.4. The molecule has 6 rings (SSSR count). The number of fused-ring (bicyclic) bond motifs is 2. The zero-order chi connectivity index (χ0) is 25.0. The van der Waals surface area contributed by atoms with Gasteiger partial charge < -0.3 is 19.3 Å². The van der Waals surface area contributed by atoms with Crippen molar-refractivity contribution < 1.29 is 27.9 Å². The monoisotopic (exact) mass is 496 g/mol. The number of aryl methyl sites for hydroxylation is 1. The average Bonchev–Trinajstić information content (AvgIpc) is 3.54. The van der Waals surface area contributed by atoms with Crippen LogP contribution in [0.25, 0.3) is 11.3 Å². The Bertz CT molecular complexity index is 1290. The lowest BCUT2D eigenvalue weighted by atomic mass is 9.99. The van der Waals surface area contributed by atoms with E-state index >= 15 is 0 Å². The molecule has 1 aliphatic carbocycles. The largest absolute Gasteiger partial charge is 0.477 e. The number of carboxylic acids is 1. The number of rotatable bonds is 7. The number of aromatic carboxylic acids is 1. The minimum absolute atomic E-state index is 0.0109. The van der Waals surface area contributed by atoms with E-state index in [1.54, 1.807) is 6.92 Å². The van der Waals surface area contributed by atoms with Gasteiger partial charge in [0.05, 0.1) is 18.3 Å². The summed E-state index contributed by atoms with van der Waals surface area (Å²) in [6.07, 6.45) is 5.18. The molecule has 2 aliphatic heterocycles. The van der Waals surface area contributed by atoms with Crippen molar-refractivity contribution in [1.29, 1.82) is 0 Å². The molecule has 3 fully saturated rings. The summed E-state index contributed by atoms with van der Waals surface area (Å²) < 4.78 is 41.0. The third-order valence-corrected chi connectivity index (χ3v) is 7.41. The highest BCUT2D eigenvalue weighted by Gasteiger charge is 2.43. The SMILES string of the molecule is Cc1cc(C(=O)O)nc(N2[C@@H]3CC[C@H]2CC(OCc2c(-c4c(F)cccc4F)noc2C2CC2)C3)n1. The molecule has 1 unspecified atom stereocenters. The summed E-state index contributed by atoms with van der Waals surface area (Å²) in [6, 6.07) is 5.48. The van der Waals surface area contributed by atoms with E-state index in [1.165, 1.54) is 24.3 Å². The summed E-state index contributed by atoms with van der Waals surface area (Å²) in [7, 11) is 0. The number of carbonyl (C=O) groups is 1. The lowest BCUT2D eigenvalue weighted by Crippen LogP contribution is -2.46. The van der Waals surface area contributed by atoms with Crippen molar-refractivity contribution in [3.05, 3.63) is 58.6 Å². The molecule has 3 aliphatic rings. The van der Waals surface area contributed by atoms with Gasteiger partial charge in [0.1, 0.15) is 23.1 Å². The molecular weight excluding hydrogens is 470 g/mol. The van der Waals surface area contributed by atoms with Crippen molar-refractivity contribution in [3.63, 3.8) is 0 Å². The van der Waals surface area contributed by atoms with Gasteiger partial charge in [0.25, 0.3) is 0 Å². The fourth-order valence-electron chi connectivity index (χ4n) is 5.62. The Balaban J connectivity index is 1.21. The van der Waals surface area contributed by atoms with Gasteiger partial charge in [-0.1, -0.05) is 11.2 Å². The molecule has 1 N–H and O–H groups in total. The number of benzene rings is 1. The molecule has 4 heterocycles. The summed E-state index contributed by atoms with van der Waals surface area (Å²) >= 11 is 0. The van der Waals surface area contributed by atoms with E-state index in [1.807, 2.05) is 0 Å². The van der Waals surface area contributed by atoms with E-state index in [9.17, 15) is 18.7 Å². The number of hydrogen-bond acceptors (Lipinski definition) is 7. The summed E-state index contributed by atoms with van der Waals surface area (Å²) in [5.74, 6) is -1.13. The molecule has 0 radical (unpaired) electrons. The fourth-order valence-corrected chi connectivity index (χ4v) is 5.62. The maximum Gasteiger partial charge on any atom is 0.354 e. The maximum atomic E-state index is 14.5. The highest BCUT2D eigenvalue weighted by molar-refractivity contribution is 5.85. The number of aromatic nitrogens is 3. The van der Waals surface area contributed by atoms with E-state index < -0.39 is 17.6 Å². The molecule has 10 heteroatoms. The van der Waals surface area contributed by atoms with Crippen molar-refractivity contribution in [1.82, 2.24) is 15.1 Å². The Morgan fingerprint density at radius 1 is 1.14 bits per heavy atom. The molecule has 1 saturated carbocycles. The highest BCUT2D eigenvalue weighted by Crippen LogP contribution is 2.45. The zero-order valence-corrected chi connectivity index (χ0v) is 19.8. The van der Waals surface area contributed by atoms with Gasteiger partial charge in [-0.05, 0) is 63.6 Å². The highest BCUT2D eigenvalue weighted by atomic mass is 19.1. The van der Waals surface area contributed by atoms with Crippen molar-refractivity contribution in [3.8, 4) is 11.3 Å². The van der Waals surface area contributed by atoms with Gasteiger partial charge in [0.2, 0.25) is 5.95 Å². The molecule has 2 bridgehead atoms. The standard InChI is InChI=1S/C26H26F2N4O4/c1-13-9-21(25(33)34)30-26(29-13)32-15-7-8-16(32)11-17(10-15)35-12-18-23(31-36-24(18)14-5-6-14)22-19(27)3-2-4-20(22)28/h2-4,9,14-17H,5-8,10-12H2,1H3,(H,33,34)/t15-,16+,17?. The Labute approximate surface area is 206 Å². The van der Waals surface area contributed by atoms with Crippen LogP contribution < -0.4 is 4.90 Å². The van der Waals surface area contributed by atoms with Crippen molar-refractivity contribution in [2.45, 2.75) is 76.2 Å². The first-order chi connectivity index (χ1) is 17.4. The summed E-state index contributed by atoms with van der Waals surface area (Å²) in [5.41, 5.74) is 1.20. The topological polar surface area (TPSA) is 102 Å². The van der Waals surface area contributed by atoms with Crippen LogP contribution in [0.1, 0.15) is 71.9 Å². The fraction of sp³-hybridized carbons (Fsp3) is 0.462. The van der Waals surface area contributed by atoms with Gasteiger partial charge in [-0.15, -0.1) is 0 Å². The Morgan fingerprint density at radius 3 is 2.47 bits per heavy atom. The van der Waals surface area contributed by atoms with Crippen molar-refractivity contribution in [2.24, 2.45) is 0 Å². The quantitative estimate of drug-likeness (QED) is 0.487. The Kier molecular flexibility index (Phi) is 5.70. The molecule has 3 atom stereocenters. The lowest BCUT2D eigenvalue weighted by molar-refractivity contribution is 0.0144. The van der Waals surface area contributed by atoms with Crippen LogP contribution in [-0.2, 0) is 11.3 Å². The number of piperidine rings is 1. The van der Waals surface area contributed by atoms with Crippen LogP contribution in [0.3, 0.4) is 0 Å². The normalized spacial score (nSPS) is 23.3. The number of nitrogens with zero attached hydrogens (tertiary/aromatic N) is 4.